The lowest BCUT2D eigenvalue weighted by Gasteiger charge is -2.26. The lowest BCUT2D eigenvalue weighted by atomic mass is 9.93. The number of anilines is 3. The molecule has 0 atom stereocenters. The second kappa shape index (κ2) is 12.7. The predicted octanol–water partition coefficient (Wildman–Crippen LogP) is 14.8. The van der Waals surface area contributed by atoms with Crippen LogP contribution in [0.2, 0.25) is 0 Å². The van der Waals surface area contributed by atoms with E-state index in [4.69, 9.17) is 0 Å². The molecule has 52 heavy (non-hydrogen) atoms. The summed E-state index contributed by atoms with van der Waals surface area (Å²) in [6.07, 6.45) is 0. The van der Waals surface area contributed by atoms with Gasteiger partial charge in [0.1, 0.15) is 0 Å². The van der Waals surface area contributed by atoms with E-state index >= 15 is 0 Å². The molecule has 0 aliphatic rings. The minimum atomic E-state index is 1.12. The van der Waals surface area contributed by atoms with E-state index in [9.17, 15) is 0 Å². The fraction of sp³-hybridized carbons (Fsp3) is 0. The van der Waals surface area contributed by atoms with Crippen LogP contribution in [-0.2, 0) is 0 Å². The minimum absolute atomic E-state index is 1.12. The van der Waals surface area contributed by atoms with Crippen LogP contribution in [0.5, 0.6) is 0 Å². The lowest BCUT2D eigenvalue weighted by Crippen LogP contribution is -2.09. The third kappa shape index (κ3) is 5.33. The van der Waals surface area contributed by atoms with Gasteiger partial charge in [-0.1, -0.05) is 140 Å². The highest BCUT2D eigenvalue weighted by Crippen LogP contribution is 2.43. The Bertz CT molecular complexity index is 2870. The van der Waals surface area contributed by atoms with Crippen LogP contribution in [0.15, 0.2) is 200 Å². The standard InChI is InChI=1S/C50H33NS/c1-3-12-35(13-4-1)47-32-40(30-39-16-9-10-19-44(39)47)34-22-26-42(27-23-34)51(41-17-5-2-6-18-41)43-28-24-36(25-29-43)45-20-11-21-46-48-31-37-14-7-8-15-38(37)33-49(48)52-50(45)46/h1-33H. The summed E-state index contributed by atoms with van der Waals surface area (Å²) in [5.74, 6) is 0. The monoisotopic (exact) mass is 679 g/mol. The third-order valence-electron chi connectivity index (χ3n) is 10.2. The summed E-state index contributed by atoms with van der Waals surface area (Å²) in [6.45, 7) is 0. The van der Waals surface area contributed by atoms with Crippen molar-refractivity contribution in [3.8, 4) is 33.4 Å². The van der Waals surface area contributed by atoms with Crippen LogP contribution in [0.3, 0.4) is 0 Å². The molecule has 0 saturated carbocycles. The van der Waals surface area contributed by atoms with Gasteiger partial charge in [0.15, 0.2) is 0 Å². The van der Waals surface area contributed by atoms with Gasteiger partial charge in [0, 0.05) is 37.2 Å². The van der Waals surface area contributed by atoms with Gasteiger partial charge < -0.3 is 4.90 Å². The molecule has 1 aromatic heterocycles. The zero-order valence-electron chi connectivity index (χ0n) is 28.4. The molecule has 0 fully saturated rings. The fourth-order valence-corrected chi connectivity index (χ4v) is 8.93. The van der Waals surface area contributed by atoms with E-state index in [0.29, 0.717) is 0 Å². The first kappa shape index (κ1) is 30.4. The molecule has 0 saturated heterocycles. The number of fused-ring (bicyclic) bond motifs is 5. The maximum absolute atomic E-state index is 2.35. The Morgan fingerprint density at radius 1 is 0.308 bits per heavy atom. The number of benzene rings is 9. The first-order valence-corrected chi connectivity index (χ1v) is 18.6. The summed E-state index contributed by atoms with van der Waals surface area (Å²) >= 11 is 1.89. The highest BCUT2D eigenvalue weighted by molar-refractivity contribution is 7.26. The van der Waals surface area contributed by atoms with Gasteiger partial charge in [0.05, 0.1) is 0 Å². The zero-order chi connectivity index (χ0) is 34.4. The van der Waals surface area contributed by atoms with Crippen LogP contribution in [0, 0.1) is 0 Å². The molecule has 1 nitrogen and oxygen atoms in total. The Labute approximate surface area is 307 Å². The molecule has 10 aromatic rings. The van der Waals surface area contributed by atoms with E-state index in [-0.39, 0.29) is 0 Å². The Kier molecular flexibility index (Phi) is 7.41. The summed E-state index contributed by atoms with van der Waals surface area (Å²) in [5.41, 5.74) is 10.7. The summed E-state index contributed by atoms with van der Waals surface area (Å²) in [5, 5.41) is 7.73. The van der Waals surface area contributed by atoms with Gasteiger partial charge in [-0.3, -0.25) is 0 Å². The number of hydrogen-bond donors (Lipinski definition) is 0. The molecule has 0 radical (unpaired) electrons. The van der Waals surface area contributed by atoms with E-state index in [0.717, 1.165) is 17.1 Å². The van der Waals surface area contributed by atoms with Crippen LogP contribution in [-0.4, -0.2) is 0 Å². The topological polar surface area (TPSA) is 3.24 Å². The first-order chi connectivity index (χ1) is 25.8. The average molecular weight is 680 g/mol. The molecule has 244 valence electrons. The van der Waals surface area contributed by atoms with Gasteiger partial charge in [0.25, 0.3) is 0 Å². The zero-order valence-corrected chi connectivity index (χ0v) is 29.2. The second-order valence-electron chi connectivity index (χ2n) is 13.4. The van der Waals surface area contributed by atoms with Gasteiger partial charge in [-0.05, 0) is 116 Å². The smallest absolute Gasteiger partial charge is 0.0462 e. The van der Waals surface area contributed by atoms with Crippen LogP contribution in [0.1, 0.15) is 0 Å². The van der Waals surface area contributed by atoms with Crippen LogP contribution < -0.4 is 4.90 Å². The van der Waals surface area contributed by atoms with E-state index in [2.05, 4.69) is 205 Å². The lowest BCUT2D eigenvalue weighted by molar-refractivity contribution is 1.28. The maximum Gasteiger partial charge on any atom is 0.0462 e. The van der Waals surface area contributed by atoms with Gasteiger partial charge in [-0.25, -0.2) is 0 Å². The Hall–Kier alpha value is -6.48. The Morgan fingerprint density at radius 2 is 0.865 bits per heavy atom. The minimum Gasteiger partial charge on any atom is -0.311 e. The van der Waals surface area contributed by atoms with Gasteiger partial charge in [-0.2, -0.15) is 0 Å². The summed E-state index contributed by atoms with van der Waals surface area (Å²) in [4.78, 5) is 2.34. The van der Waals surface area contributed by atoms with E-state index in [1.54, 1.807) is 0 Å². The van der Waals surface area contributed by atoms with E-state index in [1.807, 2.05) is 11.3 Å². The SMILES string of the molecule is c1ccc(-c2cc(-c3ccc(N(c4ccccc4)c4ccc(-c5cccc6c5sc5cc7ccccc7cc56)cc4)cc3)cc3ccccc23)cc1. The quantitative estimate of drug-likeness (QED) is 0.169. The molecule has 1 heterocycles. The van der Waals surface area contributed by atoms with Crippen molar-refractivity contribution in [1.29, 1.82) is 0 Å². The molecule has 0 bridgehead atoms. The second-order valence-corrected chi connectivity index (χ2v) is 14.4. The Balaban J connectivity index is 1.03. The fourth-order valence-electron chi connectivity index (χ4n) is 7.66. The predicted molar refractivity (Wildman–Crippen MR) is 225 cm³/mol. The number of para-hydroxylation sites is 1. The molecule has 9 aromatic carbocycles. The maximum atomic E-state index is 2.35. The van der Waals surface area contributed by atoms with Crippen molar-refractivity contribution in [3.05, 3.63) is 200 Å². The highest BCUT2D eigenvalue weighted by atomic mass is 32.1. The molecule has 2 heteroatoms. The van der Waals surface area contributed by atoms with Crippen molar-refractivity contribution in [1.82, 2.24) is 0 Å². The molecule has 0 aliphatic heterocycles. The van der Waals surface area contributed by atoms with Crippen molar-refractivity contribution in [2.75, 3.05) is 4.90 Å². The first-order valence-electron chi connectivity index (χ1n) is 17.8. The summed E-state index contributed by atoms with van der Waals surface area (Å²) in [7, 11) is 0. The van der Waals surface area contributed by atoms with Crippen LogP contribution in [0.25, 0.3) is 75.1 Å². The highest BCUT2D eigenvalue weighted by Gasteiger charge is 2.16. The Morgan fingerprint density at radius 3 is 1.60 bits per heavy atom. The van der Waals surface area contributed by atoms with Gasteiger partial charge in [0.2, 0.25) is 0 Å². The van der Waals surface area contributed by atoms with Gasteiger partial charge in [-0.15, -0.1) is 11.3 Å². The largest absolute Gasteiger partial charge is 0.311 e. The van der Waals surface area contributed by atoms with E-state index < -0.39 is 0 Å². The van der Waals surface area contributed by atoms with Crippen molar-refractivity contribution in [2.24, 2.45) is 0 Å². The molecule has 0 aliphatic carbocycles. The molecule has 10 rings (SSSR count). The number of thiophene rings is 1. The van der Waals surface area contributed by atoms with Crippen molar-refractivity contribution >= 4 is 70.1 Å². The number of hydrogen-bond acceptors (Lipinski definition) is 2. The molecule has 0 spiro atoms. The van der Waals surface area contributed by atoms with Crippen LogP contribution >= 0.6 is 11.3 Å². The van der Waals surface area contributed by atoms with Crippen molar-refractivity contribution in [2.45, 2.75) is 0 Å². The van der Waals surface area contributed by atoms with Gasteiger partial charge >= 0.3 is 0 Å². The van der Waals surface area contributed by atoms with E-state index in [1.165, 1.54) is 75.1 Å². The molecule has 0 amide bonds. The van der Waals surface area contributed by atoms with Crippen molar-refractivity contribution in [3.63, 3.8) is 0 Å². The molecule has 0 unspecified atom stereocenters. The summed E-state index contributed by atoms with van der Waals surface area (Å²) < 4.78 is 2.66. The van der Waals surface area contributed by atoms with Crippen LogP contribution in [0.4, 0.5) is 17.1 Å². The number of rotatable bonds is 6. The van der Waals surface area contributed by atoms with Crippen molar-refractivity contribution < 1.29 is 0 Å². The average Bonchev–Trinajstić information content (AvgIpc) is 3.58. The molecule has 0 N–H and O–H groups in total. The molecular weight excluding hydrogens is 647 g/mol. The summed E-state index contributed by atoms with van der Waals surface area (Å²) in [6, 6.07) is 72.8. The third-order valence-corrected chi connectivity index (χ3v) is 11.4. The normalized spacial score (nSPS) is 11.5. The number of nitrogens with zero attached hydrogens (tertiary/aromatic N) is 1. The molecular formula is C50H33NS.